The Labute approximate surface area is 163 Å². The maximum atomic E-state index is 11.7. The van der Waals surface area contributed by atoms with Crippen LogP contribution in [-0.4, -0.2) is 42.9 Å². The molecule has 0 radical (unpaired) electrons. The number of nitrogens with zero attached hydrogens (tertiary/aromatic N) is 2. The van der Waals surface area contributed by atoms with E-state index in [0.29, 0.717) is 13.0 Å². The Morgan fingerprint density at radius 3 is 2.54 bits per heavy atom. The zero-order valence-corrected chi connectivity index (χ0v) is 17.8. The van der Waals surface area contributed by atoms with E-state index in [0.717, 1.165) is 19.0 Å². The molecule has 1 amide bonds. The number of hydrogen-bond acceptors (Lipinski definition) is 2. The van der Waals surface area contributed by atoms with Crippen molar-refractivity contribution in [2.75, 3.05) is 20.1 Å². The minimum absolute atomic E-state index is 0. The SMILES string of the molecule is CCNC(=NCCC(=O)NC(C)C)N(C)Cc1ccccc1C.I. The largest absolute Gasteiger partial charge is 0.357 e. The van der Waals surface area contributed by atoms with Crippen molar-refractivity contribution < 1.29 is 4.79 Å². The summed E-state index contributed by atoms with van der Waals surface area (Å²) in [6.45, 7) is 10.2. The highest BCUT2D eigenvalue weighted by atomic mass is 127. The molecule has 0 saturated heterocycles. The smallest absolute Gasteiger partial charge is 0.222 e. The Morgan fingerprint density at radius 1 is 1.29 bits per heavy atom. The summed E-state index contributed by atoms with van der Waals surface area (Å²) in [5.41, 5.74) is 2.55. The summed E-state index contributed by atoms with van der Waals surface area (Å²) in [6, 6.07) is 8.51. The van der Waals surface area contributed by atoms with Crippen molar-refractivity contribution in [2.24, 2.45) is 4.99 Å². The van der Waals surface area contributed by atoms with E-state index in [4.69, 9.17) is 0 Å². The lowest BCUT2D eigenvalue weighted by Gasteiger charge is -2.23. The second kappa shape index (κ2) is 12.1. The molecule has 0 aromatic heterocycles. The number of aliphatic imine (C=N–C) groups is 1. The maximum Gasteiger partial charge on any atom is 0.222 e. The summed E-state index contributed by atoms with van der Waals surface area (Å²) in [7, 11) is 2.02. The Kier molecular flexibility index (Phi) is 11.4. The van der Waals surface area contributed by atoms with Crippen molar-refractivity contribution >= 4 is 35.8 Å². The van der Waals surface area contributed by atoms with Gasteiger partial charge in [0.25, 0.3) is 0 Å². The van der Waals surface area contributed by atoms with E-state index in [9.17, 15) is 4.79 Å². The number of carbonyl (C=O) groups is 1. The summed E-state index contributed by atoms with van der Waals surface area (Å²) in [4.78, 5) is 18.3. The fraction of sp³-hybridized carbons (Fsp3) is 0.556. The average Bonchev–Trinajstić information content (AvgIpc) is 2.48. The van der Waals surface area contributed by atoms with Crippen molar-refractivity contribution in [3.63, 3.8) is 0 Å². The van der Waals surface area contributed by atoms with Gasteiger partial charge in [-0.15, -0.1) is 24.0 Å². The molecule has 2 N–H and O–H groups in total. The molecule has 0 atom stereocenters. The summed E-state index contributed by atoms with van der Waals surface area (Å²) < 4.78 is 0. The Bertz CT molecular complexity index is 532. The minimum Gasteiger partial charge on any atom is -0.357 e. The molecule has 0 saturated carbocycles. The second-order valence-electron chi connectivity index (χ2n) is 5.99. The number of hydrogen-bond donors (Lipinski definition) is 2. The van der Waals surface area contributed by atoms with Gasteiger partial charge in [0.15, 0.2) is 5.96 Å². The van der Waals surface area contributed by atoms with Gasteiger partial charge in [0.1, 0.15) is 0 Å². The fourth-order valence-corrected chi connectivity index (χ4v) is 2.25. The molecule has 136 valence electrons. The van der Waals surface area contributed by atoms with Crippen LogP contribution in [0.5, 0.6) is 0 Å². The van der Waals surface area contributed by atoms with Crippen LogP contribution in [0.15, 0.2) is 29.3 Å². The monoisotopic (exact) mass is 446 g/mol. The van der Waals surface area contributed by atoms with Crippen LogP contribution in [0.25, 0.3) is 0 Å². The molecule has 0 aliphatic heterocycles. The van der Waals surface area contributed by atoms with Crippen LogP contribution in [0.1, 0.15) is 38.3 Å². The Balaban J connectivity index is 0.00000529. The average molecular weight is 446 g/mol. The molecule has 0 heterocycles. The van der Waals surface area contributed by atoms with Gasteiger partial charge in [0.05, 0.1) is 6.54 Å². The number of carbonyl (C=O) groups excluding carboxylic acids is 1. The quantitative estimate of drug-likeness (QED) is 0.385. The van der Waals surface area contributed by atoms with Gasteiger partial charge in [-0.2, -0.15) is 0 Å². The maximum absolute atomic E-state index is 11.7. The molecule has 0 aliphatic rings. The first-order valence-electron chi connectivity index (χ1n) is 8.27. The van der Waals surface area contributed by atoms with Crippen LogP contribution in [0.4, 0.5) is 0 Å². The third kappa shape index (κ3) is 8.52. The van der Waals surface area contributed by atoms with Gasteiger partial charge in [-0.1, -0.05) is 24.3 Å². The lowest BCUT2D eigenvalue weighted by atomic mass is 10.1. The lowest BCUT2D eigenvalue weighted by molar-refractivity contribution is -0.121. The van der Waals surface area contributed by atoms with Gasteiger partial charge < -0.3 is 15.5 Å². The van der Waals surface area contributed by atoms with Gasteiger partial charge in [-0.25, -0.2) is 0 Å². The standard InChI is InChI=1S/C18H30N4O.HI/c1-6-19-18(20-12-11-17(23)21-14(2)3)22(5)13-16-10-8-7-9-15(16)4;/h7-10,14H,6,11-13H2,1-5H3,(H,19,20)(H,21,23);1H. The first-order valence-corrected chi connectivity index (χ1v) is 8.27. The van der Waals surface area contributed by atoms with Crippen LogP contribution in [-0.2, 0) is 11.3 Å². The van der Waals surface area contributed by atoms with Gasteiger partial charge in [-0.05, 0) is 38.8 Å². The van der Waals surface area contributed by atoms with Crippen molar-refractivity contribution in [3.05, 3.63) is 35.4 Å². The first kappa shape index (κ1) is 22.7. The van der Waals surface area contributed by atoms with Gasteiger partial charge in [0, 0.05) is 32.6 Å². The van der Waals surface area contributed by atoms with Crippen molar-refractivity contribution in [3.8, 4) is 0 Å². The number of halogens is 1. The minimum atomic E-state index is 0. The molecule has 1 rings (SSSR count). The van der Waals surface area contributed by atoms with Gasteiger partial charge >= 0.3 is 0 Å². The van der Waals surface area contributed by atoms with Crippen LogP contribution in [0, 0.1) is 6.92 Å². The summed E-state index contributed by atoms with van der Waals surface area (Å²) in [5.74, 6) is 0.870. The second-order valence-corrected chi connectivity index (χ2v) is 5.99. The Hall–Kier alpha value is -1.31. The number of nitrogens with one attached hydrogen (secondary N) is 2. The van der Waals surface area contributed by atoms with Gasteiger partial charge in [-0.3, -0.25) is 9.79 Å². The van der Waals surface area contributed by atoms with Crippen molar-refractivity contribution in [1.29, 1.82) is 0 Å². The molecule has 0 unspecified atom stereocenters. The molecule has 1 aromatic rings. The highest BCUT2D eigenvalue weighted by molar-refractivity contribution is 14.0. The van der Waals surface area contributed by atoms with E-state index in [-0.39, 0.29) is 35.9 Å². The van der Waals surface area contributed by atoms with E-state index in [1.54, 1.807) is 0 Å². The molecule has 0 spiro atoms. The molecule has 5 nitrogen and oxygen atoms in total. The summed E-state index contributed by atoms with van der Waals surface area (Å²) in [6.07, 6.45) is 0.408. The van der Waals surface area contributed by atoms with Crippen molar-refractivity contribution in [2.45, 2.75) is 46.7 Å². The molecule has 0 aliphatic carbocycles. The third-order valence-electron chi connectivity index (χ3n) is 3.42. The van der Waals surface area contributed by atoms with Gasteiger partial charge in [0.2, 0.25) is 5.91 Å². The summed E-state index contributed by atoms with van der Waals surface area (Å²) >= 11 is 0. The molecule has 1 aromatic carbocycles. The summed E-state index contributed by atoms with van der Waals surface area (Å²) in [5, 5.41) is 6.16. The Morgan fingerprint density at radius 2 is 1.96 bits per heavy atom. The number of guanidine groups is 1. The zero-order valence-electron chi connectivity index (χ0n) is 15.4. The molecule has 0 fully saturated rings. The van der Waals surface area contributed by atoms with E-state index < -0.39 is 0 Å². The van der Waals surface area contributed by atoms with E-state index in [2.05, 4.69) is 45.6 Å². The van der Waals surface area contributed by atoms with Crippen molar-refractivity contribution in [1.82, 2.24) is 15.5 Å². The predicted octanol–water partition coefficient (Wildman–Crippen LogP) is 2.93. The highest BCUT2D eigenvalue weighted by Gasteiger charge is 2.08. The van der Waals surface area contributed by atoms with E-state index in [1.165, 1.54) is 11.1 Å². The number of rotatable bonds is 7. The van der Waals surface area contributed by atoms with Crippen LogP contribution < -0.4 is 10.6 Å². The van der Waals surface area contributed by atoms with Crippen LogP contribution in [0.3, 0.4) is 0 Å². The normalized spacial score (nSPS) is 11.0. The van der Waals surface area contributed by atoms with Crippen LogP contribution >= 0.6 is 24.0 Å². The number of benzene rings is 1. The van der Waals surface area contributed by atoms with E-state index in [1.807, 2.05) is 33.9 Å². The molecular formula is C18H31IN4O. The third-order valence-corrected chi connectivity index (χ3v) is 3.42. The highest BCUT2D eigenvalue weighted by Crippen LogP contribution is 2.09. The number of aryl methyl sites for hydroxylation is 1. The topological polar surface area (TPSA) is 56.7 Å². The predicted molar refractivity (Wildman–Crippen MR) is 112 cm³/mol. The number of amides is 1. The molecule has 0 bridgehead atoms. The lowest BCUT2D eigenvalue weighted by Crippen LogP contribution is -2.39. The van der Waals surface area contributed by atoms with Crippen LogP contribution in [0.2, 0.25) is 0 Å². The first-order chi connectivity index (χ1) is 10.9. The molecule has 6 heteroatoms. The van der Waals surface area contributed by atoms with E-state index >= 15 is 0 Å². The zero-order chi connectivity index (χ0) is 17.2. The fourth-order valence-electron chi connectivity index (χ4n) is 2.25. The molecular weight excluding hydrogens is 415 g/mol. The molecule has 24 heavy (non-hydrogen) atoms.